The van der Waals surface area contributed by atoms with E-state index in [-0.39, 0.29) is 19.4 Å². The number of carbonyl (C=O) groups is 2. The molecule has 0 saturated carbocycles. The Morgan fingerprint density at radius 1 is 1.03 bits per heavy atom. The number of rotatable bonds is 9. The Bertz CT molecular complexity index is 1010. The maximum Gasteiger partial charge on any atom is 0.249 e. The van der Waals surface area contributed by atoms with Crippen molar-refractivity contribution in [1.29, 1.82) is 0 Å². The van der Waals surface area contributed by atoms with Gasteiger partial charge in [-0.05, 0) is 23.3 Å². The minimum atomic E-state index is -1.31. The Morgan fingerprint density at radius 2 is 1.71 bits per heavy atom. The van der Waals surface area contributed by atoms with Crippen molar-refractivity contribution in [2.45, 2.75) is 31.5 Å². The summed E-state index contributed by atoms with van der Waals surface area (Å²) in [6.07, 6.45) is 0.516. The molecule has 0 aliphatic carbocycles. The molecule has 0 radical (unpaired) electrons. The Morgan fingerprint density at radius 3 is 2.35 bits per heavy atom. The van der Waals surface area contributed by atoms with Crippen LogP contribution in [0.15, 0.2) is 60.8 Å². The smallest absolute Gasteiger partial charge is 0.249 e. The van der Waals surface area contributed by atoms with Crippen LogP contribution >= 0.6 is 11.3 Å². The molecule has 0 saturated heterocycles. The number of halogens is 1. The number of thiazole rings is 1. The maximum atomic E-state index is 13.2. The Kier molecular flexibility index (Phi) is 7.69. The molecule has 1 heterocycles. The highest BCUT2D eigenvalue weighted by Crippen LogP contribution is 2.14. The molecule has 0 bridgehead atoms. The van der Waals surface area contributed by atoms with E-state index in [1.807, 2.05) is 18.2 Å². The molecule has 2 atom stereocenters. The second-order valence-corrected chi connectivity index (χ2v) is 8.13. The number of nitrogen functional groups attached to an aromatic ring is 1. The van der Waals surface area contributed by atoms with E-state index >= 15 is 0 Å². The molecule has 0 spiro atoms. The number of amides is 2. The molecule has 0 aliphatic heterocycles. The topological polar surface area (TPSA) is 117 Å². The number of aromatic nitrogens is 1. The lowest BCUT2D eigenvalue weighted by molar-refractivity contribution is -0.134. The van der Waals surface area contributed by atoms with Crippen LogP contribution in [0.2, 0.25) is 0 Å². The Hall–Kier alpha value is -3.30. The molecule has 162 valence electrons. The van der Waals surface area contributed by atoms with E-state index in [1.165, 1.54) is 23.5 Å². The second-order valence-electron chi connectivity index (χ2n) is 6.98. The van der Waals surface area contributed by atoms with Gasteiger partial charge in [-0.15, -0.1) is 11.3 Å². The van der Waals surface area contributed by atoms with Gasteiger partial charge in [-0.2, -0.15) is 0 Å². The van der Waals surface area contributed by atoms with Crippen LogP contribution in [0.25, 0.3) is 0 Å². The monoisotopic (exact) mass is 442 g/mol. The number of aliphatic hydroxyl groups is 1. The molecular weight excluding hydrogens is 419 g/mol. The molecule has 3 rings (SSSR count). The average Bonchev–Trinajstić information content (AvgIpc) is 3.18. The lowest BCUT2D eigenvalue weighted by Gasteiger charge is -2.20. The minimum Gasteiger partial charge on any atom is -0.383 e. The number of aliphatic hydroxyl groups excluding tert-OH is 1. The van der Waals surface area contributed by atoms with Crippen LogP contribution in [-0.4, -0.2) is 34.1 Å². The van der Waals surface area contributed by atoms with Crippen molar-refractivity contribution >= 4 is 28.3 Å². The van der Waals surface area contributed by atoms with Crippen LogP contribution in [-0.2, 0) is 29.0 Å². The van der Waals surface area contributed by atoms with Crippen molar-refractivity contribution in [3.05, 3.63) is 82.6 Å². The van der Waals surface area contributed by atoms with Crippen molar-refractivity contribution in [2.75, 3.05) is 5.73 Å². The van der Waals surface area contributed by atoms with Crippen molar-refractivity contribution in [2.24, 2.45) is 0 Å². The SMILES string of the molecule is Nc1ncc(CNC(=O)[C@H](Cc2ccc(F)cc2)NC(=O)[C@H](O)Cc2ccccc2)s1. The third-order valence-corrected chi connectivity index (χ3v) is 5.40. The predicted molar refractivity (Wildman–Crippen MR) is 117 cm³/mol. The first-order valence-electron chi connectivity index (χ1n) is 9.65. The molecule has 31 heavy (non-hydrogen) atoms. The Labute approximate surface area is 183 Å². The fourth-order valence-corrected chi connectivity index (χ4v) is 3.59. The third-order valence-electron chi connectivity index (χ3n) is 4.57. The molecule has 3 aromatic rings. The summed E-state index contributed by atoms with van der Waals surface area (Å²) in [7, 11) is 0. The van der Waals surface area contributed by atoms with Gasteiger partial charge in [0.2, 0.25) is 11.8 Å². The third kappa shape index (κ3) is 6.87. The van der Waals surface area contributed by atoms with Gasteiger partial charge < -0.3 is 21.5 Å². The molecule has 7 nitrogen and oxygen atoms in total. The summed E-state index contributed by atoms with van der Waals surface area (Å²) >= 11 is 1.25. The highest BCUT2D eigenvalue weighted by atomic mass is 32.1. The number of anilines is 1. The largest absolute Gasteiger partial charge is 0.383 e. The summed E-state index contributed by atoms with van der Waals surface area (Å²) in [5.74, 6) is -1.49. The molecule has 0 fully saturated rings. The van der Waals surface area contributed by atoms with Crippen LogP contribution in [0.3, 0.4) is 0 Å². The van der Waals surface area contributed by atoms with Gasteiger partial charge in [0.05, 0.1) is 6.54 Å². The van der Waals surface area contributed by atoms with Gasteiger partial charge in [0, 0.05) is 23.9 Å². The van der Waals surface area contributed by atoms with E-state index in [0.717, 1.165) is 10.4 Å². The number of benzene rings is 2. The molecule has 0 unspecified atom stereocenters. The molecule has 1 aromatic heterocycles. The maximum absolute atomic E-state index is 13.2. The van der Waals surface area contributed by atoms with E-state index in [4.69, 9.17) is 5.73 Å². The standard InChI is InChI=1S/C22H23FN4O3S/c23-16-8-6-15(7-9-16)10-18(20(29)25-12-17-13-26-22(24)31-17)27-21(30)19(28)11-14-4-2-1-3-5-14/h1-9,13,18-19,28H,10-12H2,(H2,24,26)(H,25,29)(H,27,30)/t18-,19+/m0/s1. The first-order valence-corrected chi connectivity index (χ1v) is 10.5. The summed E-state index contributed by atoms with van der Waals surface area (Å²) in [5, 5.41) is 16.0. The highest BCUT2D eigenvalue weighted by molar-refractivity contribution is 7.15. The molecule has 2 aromatic carbocycles. The number of nitrogens with two attached hydrogens (primary N) is 1. The Balaban J connectivity index is 1.66. The summed E-state index contributed by atoms with van der Waals surface area (Å²) in [6.45, 7) is 0.204. The quantitative estimate of drug-likeness (QED) is 0.403. The fraction of sp³-hybridized carbons (Fsp3) is 0.227. The van der Waals surface area contributed by atoms with Crippen LogP contribution in [0.1, 0.15) is 16.0 Å². The molecule has 0 aliphatic rings. The summed E-state index contributed by atoms with van der Waals surface area (Å²) in [5.41, 5.74) is 7.07. The number of carbonyl (C=O) groups excluding carboxylic acids is 2. The van der Waals surface area contributed by atoms with E-state index in [2.05, 4.69) is 15.6 Å². The van der Waals surface area contributed by atoms with Crippen LogP contribution in [0.4, 0.5) is 9.52 Å². The number of nitrogens with one attached hydrogen (secondary N) is 2. The second kappa shape index (κ2) is 10.6. The molecule has 2 amide bonds. The lowest BCUT2D eigenvalue weighted by Crippen LogP contribution is -2.51. The van der Waals surface area contributed by atoms with Crippen molar-refractivity contribution < 1.29 is 19.1 Å². The van der Waals surface area contributed by atoms with Crippen LogP contribution in [0.5, 0.6) is 0 Å². The fourth-order valence-electron chi connectivity index (χ4n) is 2.97. The molecule has 9 heteroatoms. The zero-order chi connectivity index (χ0) is 22.2. The zero-order valence-corrected chi connectivity index (χ0v) is 17.4. The van der Waals surface area contributed by atoms with Crippen LogP contribution < -0.4 is 16.4 Å². The number of nitrogens with zero attached hydrogens (tertiary/aromatic N) is 1. The molecule has 5 N–H and O–H groups in total. The van der Waals surface area contributed by atoms with E-state index in [1.54, 1.807) is 30.5 Å². The summed E-state index contributed by atoms with van der Waals surface area (Å²) in [4.78, 5) is 30.0. The lowest BCUT2D eigenvalue weighted by atomic mass is 10.0. The van der Waals surface area contributed by atoms with E-state index < -0.39 is 29.8 Å². The zero-order valence-electron chi connectivity index (χ0n) is 16.6. The minimum absolute atomic E-state index is 0.123. The van der Waals surface area contributed by atoms with E-state index in [0.29, 0.717) is 10.7 Å². The van der Waals surface area contributed by atoms with Gasteiger partial charge in [0.1, 0.15) is 18.0 Å². The summed E-state index contributed by atoms with van der Waals surface area (Å²) in [6, 6.07) is 13.8. The van der Waals surface area contributed by atoms with Gasteiger partial charge in [0.25, 0.3) is 0 Å². The van der Waals surface area contributed by atoms with Crippen LogP contribution in [0, 0.1) is 5.82 Å². The van der Waals surface area contributed by atoms with Gasteiger partial charge in [-0.1, -0.05) is 42.5 Å². The number of hydrogen-bond donors (Lipinski definition) is 4. The van der Waals surface area contributed by atoms with Gasteiger partial charge in [-0.25, -0.2) is 9.37 Å². The van der Waals surface area contributed by atoms with Crippen molar-refractivity contribution in [3.63, 3.8) is 0 Å². The molecular formula is C22H23FN4O3S. The predicted octanol–water partition coefficient (Wildman–Crippen LogP) is 1.81. The first kappa shape index (κ1) is 22.4. The number of hydrogen-bond acceptors (Lipinski definition) is 6. The summed E-state index contributed by atoms with van der Waals surface area (Å²) < 4.78 is 13.2. The average molecular weight is 443 g/mol. The van der Waals surface area contributed by atoms with Gasteiger partial charge in [0.15, 0.2) is 5.13 Å². The van der Waals surface area contributed by atoms with E-state index in [9.17, 15) is 19.1 Å². The van der Waals surface area contributed by atoms with Gasteiger partial charge >= 0.3 is 0 Å². The normalized spacial score (nSPS) is 12.7. The van der Waals surface area contributed by atoms with Crippen molar-refractivity contribution in [3.8, 4) is 0 Å². The van der Waals surface area contributed by atoms with Crippen molar-refractivity contribution in [1.82, 2.24) is 15.6 Å². The first-order chi connectivity index (χ1) is 14.9. The van der Waals surface area contributed by atoms with Gasteiger partial charge in [-0.3, -0.25) is 9.59 Å². The highest BCUT2D eigenvalue weighted by Gasteiger charge is 2.25.